The molecule has 152 valence electrons. The summed E-state index contributed by atoms with van der Waals surface area (Å²) in [6, 6.07) is 9.56. The van der Waals surface area contributed by atoms with Gasteiger partial charge in [-0.25, -0.2) is 13.1 Å². The summed E-state index contributed by atoms with van der Waals surface area (Å²) in [4.78, 5) is 5.04. The Kier molecular flexibility index (Phi) is 7.41. The molecule has 0 amide bonds. The first kappa shape index (κ1) is 20.5. The summed E-state index contributed by atoms with van der Waals surface area (Å²) >= 11 is 0. The molecule has 2 aliphatic rings. The summed E-state index contributed by atoms with van der Waals surface area (Å²) < 4.78 is 25.3. The standard InChI is InChI=1S/C21H35N3O2S/c1-27(25,26)22-14-9-17-24(19-10-4-2-3-5-11-19)21-13-8-12-20(18-21)23-15-6-7-16-23/h8,12-13,18-19,22H,2-7,9-11,14-17H2,1H3. The van der Waals surface area contributed by atoms with Crippen molar-refractivity contribution in [3.63, 3.8) is 0 Å². The summed E-state index contributed by atoms with van der Waals surface area (Å²) in [5, 5.41) is 0. The van der Waals surface area contributed by atoms with Crippen molar-refractivity contribution in [2.45, 2.75) is 63.8 Å². The molecule has 2 fully saturated rings. The third-order valence-corrected chi connectivity index (χ3v) is 6.57. The molecule has 6 heteroatoms. The van der Waals surface area contributed by atoms with Gasteiger partial charge in [0, 0.05) is 43.6 Å². The fourth-order valence-electron chi connectivity index (χ4n) is 4.44. The van der Waals surface area contributed by atoms with Gasteiger partial charge in [0.05, 0.1) is 6.26 Å². The van der Waals surface area contributed by atoms with Gasteiger partial charge in [-0.15, -0.1) is 0 Å². The molecule has 1 aromatic rings. The summed E-state index contributed by atoms with van der Waals surface area (Å²) in [6.45, 7) is 3.72. The van der Waals surface area contributed by atoms with Gasteiger partial charge in [0.15, 0.2) is 0 Å². The highest BCUT2D eigenvalue weighted by atomic mass is 32.2. The Hall–Kier alpha value is -1.27. The van der Waals surface area contributed by atoms with Crippen LogP contribution in [0.1, 0.15) is 57.8 Å². The topological polar surface area (TPSA) is 52.7 Å². The van der Waals surface area contributed by atoms with Crippen LogP contribution in [-0.2, 0) is 10.0 Å². The van der Waals surface area contributed by atoms with Crippen molar-refractivity contribution in [2.24, 2.45) is 0 Å². The first-order chi connectivity index (χ1) is 13.0. The molecule has 0 atom stereocenters. The second kappa shape index (κ2) is 9.78. The molecule has 1 saturated carbocycles. The molecule has 0 unspecified atom stereocenters. The van der Waals surface area contributed by atoms with E-state index in [-0.39, 0.29) is 0 Å². The lowest BCUT2D eigenvalue weighted by Gasteiger charge is -2.34. The average molecular weight is 394 g/mol. The van der Waals surface area contributed by atoms with Gasteiger partial charge in [-0.2, -0.15) is 0 Å². The summed E-state index contributed by atoms with van der Waals surface area (Å²) in [7, 11) is -3.11. The second-order valence-electron chi connectivity index (χ2n) is 8.07. The van der Waals surface area contributed by atoms with Crippen LogP contribution >= 0.6 is 0 Å². The quantitative estimate of drug-likeness (QED) is 0.540. The predicted octanol–water partition coefficient (Wildman–Crippen LogP) is 3.76. The highest BCUT2D eigenvalue weighted by Gasteiger charge is 2.21. The Morgan fingerprint density at radius 1 is 1.07 bits per heavy atom. The predicted molar refractivity (Wildman–Crippen MR) is 114 cm³/mol. The van der Waals surface area contributed by atoms with E-state index in [1.807, 2.05) is 0 Å². The smallest absolute Gasteiger partial charge is 0.208 e. The Morgan fingerprint density at radius 3 is 2.44 bits per heavy atom. The summed E-state index contributed by atoms with van der Waals surface area (Å²) in [5.74, 6) is 0. The van der Waals surface area contributed by atoms with Crippen LogP contribution in [0.3, 0.4) is 0 Å². The number of hydrogen-bond donors (Lipinski definition) is 1. The molecule has 1 aliphatic carbocycles. The maximum absolute atomic E-state index is 11.4. The van der Waals surface area contributed by atoms with Gasteiger partial charge in [-0.3, -0.25) is 0 Å². The van der Waals surface area contributed by atoms with Gasteiger partial charge < -0.3 is 9.80 Å². The normalized spacial score (nSPS) is 19.2. The van der Waals surface area contributed by atoms with Gasteiger partial charge >= 0.3 is 0 Å². The molecular formula is C21H35N3O2S. The second-order valence-corrected chi connectivity index (χ2v) is 9.91. The van der Waals surface area contributed by atoms with Gasteiger partial charge in [0.25, 0.3) is 0 Å². The molecule has 1 saturated heterocycles. The molecule has 1 aliphatic heterocycles. The Balaban J connectivity index is 1.72. The number of hydrogen-bond acceptors (Lipinski definition) is 4. The van der Waals surface area contributed by atoms with Crippen molar-refractivity contribution in [3.05, 3.63) is 24.3 Å². The number of anilines is 2. The monoisotopic (exact) mass is 393 g/mol. The molecule has 27 heavy (non-hydrogen) atoms. The van der Waals surface area contributed by atoms with Crippen LogP contribution in [0.15, 0.2) is 24.3 Å². The van der Waals surface area contributed by atoms with E-state index in [0.29, 0.717) is 12.6 Å². The van der Waals surface area contributed by atoms with Crippen molar-refractivity contribution in [2.75, 3.05) is 42.2 Å². The van der Waals surface area contributed by atoms with E-state index in [1.54, 1.807) is 0 Å². The maximum atomic E-state index is 11.4. The minimum absolute atomic E-state index is 0.508. The van der Waals surface area contributed by atoms with Crippen LogP contribution in [0.5, 0.6) is 0 Å². The number of nitrogens with zero attached hydrogens (tertiary/aromatic N) is 2. The third-order valence-electron chi connectivity index (χ3n) is 5.84. The largest absolute Gasteiger partial charge is 0.371 e. The van der Waals surface area contributed by atoms with Gasteiger partial charge in [-0.05, 0) is 50.3 Å². The lowest BCUT2D eigenvalue weighted by atomic mass is 10.1. The molecule has 3 rings (SSSR count). The first-order valence-corrected chi connectivity index (χ1v) is 12.5. The highest BCUT2D eigenvalue weighted by Crippen LogP contribution is 2.30. The number of rotatable bonds is 8. The van der Waals surface area contributed by atoms with E-state index < -0.39 is 10.0 Å². The molecule has 0 radical (unpaired) electrons. The molecular weight excluding hydrogens is 358 g/mol. The van der Waals surface area contributed by atoms with Crippen molar-refractivity contribution in [1.29, 1.82) is 0 Å². The van der Waals surface area contributed by atoms with Crippen molar-refractivity contribution < 1.29 is 8.42 Å². The molecule has 0 bridgehead atoms. The number of sulfonamides is 1. The van der Waals surface area contributed by atoms with Crippen LogP contribution in [0.4, 0.5) is 11.4 Å². The lowest BCUT2D eigenvalue weighted by Crippen LogP contribution is -2.37. The molecule has 1 heterocycles. The van der Waals surface area contributed by atoms with Gasteiger partial charge in [0.1, 0.15) is 0 Å². The van der Waals surface area contributed by atoms with E-state index >= 15 is 0 Å². The van der Waals surface area contributed by atoms with Crippen molar-refractivity contribution in [3.8, 4) is 0 Å². The minimum Gasteiger partial charge on any atom is -0.371 e. The fraction of sp³-hybridized carbons (Fsp3) is 0.714. The Bertz CT molecular complexity index is 678. The van der Waals surface area contributed by atoms with Crippen LogP contribution < -0.4 is 14.5 Å². The SMILES string of the molecule is CS(=O)(=O)NCCCN(c1cccc(N2CCCC2)c1)C1CCCCCC1. The molecule has 0 spiro atoms. The zero-order valence-corrected chi connectivity index (χ0v) is 17.5. The zero-order valence-electron chi connectivity index (χ0n) is 16.7. The Labute approximate surface area is 165 Å². The van der Waals surface area contributed by atoms with Crippen LogP contribution in [-0.4, -0.2) is 46.9 Å². The fourth-order valence-corrected chi connectivity index (χ4v) is 4.96. The number of nitrogens with one attached hydrogen (secondary N) is 1. The molecule has 5 nitrogen and oxygen atoms in total. The first-order valence-electron chi connectivity index (χ1n) is 10.6. The van der Waals surface area contributed by atoms with E-state index in [2.05, 4.69) is 38.8 Å². The highest BCUT2D eigenvalue weighted by molar-refractivity contribution is 7.88. The Morgan fingerprint density at radius 2 is 1.78 bits per heavy atom. The van der Waals surface area contributed by atoms with E-state index in [1.165, 1.54) is 69.0 Å². The van der Waals surface area contributed by atoms with Crippen molar-refractivity contribution in [1.82, 2.24) is 4.72 Å². The zero-order chi connectivity index (χ0) is 19.1. The molecule has 0 aromatic heterocycles. The van der Waals surface area contributed by atoms with Gasteiger partial charge in [-0.1, -0.05) is 31.7 Å². The summed E-state index contributed by atoms with van der Waals surface area (Å²) in [6.07, 6.45) is 12.4. The number of benzene rings is 1. The van der Waals surface area contributed by atoms with Crippen LogP contribution in [0.2, 0.25) is 0 Å². The minimum atomic E-state index is -3.11. The lowest BCUT2D eigenvalue weighted by molar-refractivity contribution is 0.515. The summed E-state index contributed by atoms with van der Waals surface area (Å²) in [5.41, 5.74) is 2.63. The molecule has 1 N–H and O–H groups in total. The average Bonchev–Trinajstić information content (AvgIpc) is 3.05. The molecule has 1 aromatic carbocycles. The van der Waals surface area contributed by atoms with Crippen molar-refractivity contribution >= 4 is 21.4 Å². The van der Waals surface area contributed by atoms with E-state index in [4.69, 9.17) is 0 Å². The van der Waals surface area contributed by atoms with E-state index in [9.17, 15) is 8.42 Å². The van der Waals surface area contributed by atoms with Crippen LogP contribution in [0.25, 0.3) is 0 Å². The maximum Gasteiger partial charge on any atom is 0.208 e. The van der Waals surface area contributed by atoms with E-state index in [0.717, 1.165) is 26.1 Å². The van der Waals surface area contributed by atoms with Crippen LogP contribution in [0, 0.1) is 0 Å². The van der Waals surface area contributed by atoms with Gasteiger partial charge in [0.2, 0.25) is 10.0 Å². The third kappa shape index (κ3) is 6.39.